The maximum Gasteiger partial charge on any atom is 0.225 e. The zero-order valence-electron chi connectivity index (χ0n) is 18.4. The fraction of sp³-hybridized carbons (Fsp3) is 0.476. The van der Waals surface area contributed by atoms with E-state index in [1.54, 1.807) is 33.7 Å². The topological polar surface area (TPSA) is 87.1 Å². The number of ether oxygens (including phenoxy) is 2. The van der Waals surface area contributed by atoms with Crippen LogP contribution in [0.2, 0.25) is 0 Å². The van der Waals surface area contributed by atoms with Crippen molar-refractivity contribution in [2.45, 2.75) is 6.54 Å². The third kappa shape index (κ3) is 7.39. The second-order valence-electron chi connectivity index (χ2n) is 6.91. The van der Waals surface area contributed by atoms with E-state index in [9.17, 15) is 0 Å². The smallest absolute Gasteiger partial charge is 0.225 e. The summed E-state index contributed by atoms with van der Waals surface area (Å²) in [5, 5.41) is 6.72. The number of aliphatic imine (C=N–C) groups is 1. The van der Waals surface area contributed by atoms with Crippen molar-refractivity contribution in [1.82, 2.24) is 25.5 Å². The largest absolute Gasteiger partial charge is 0.497 e. The van der Waals surface area contributed by atoms with Gasteiger partial charge in [-0.1, -0.05) is 0 Å². The van der Waals surface area contributed by atoms with Crippen molar-refractivity contribution >= 4 is 35.9 Å². The summed E-state index contributed by atoms with van der Waals surface area (Å²) < 4.78 is 10.7. The molecule has 0 aliphatic carbocycles. The van der Waals surface area contributed by atoms with Crippen molar-refractivity contribution in [3.8, 4) is 11.5 Å². The number of anilines is 1. The van der Waals surface area contributed by atoms with E-state index in [0.717, 1.165) is 68.2 Å². The third-order valence-electron chi connectivity index (χ3n) is 5.09. The van der Waals surface area contributed by atoms with Gasteiger partial charge in [0.2, 0.25) is 5.95 Å². The molecule has 1 aliphatic rings. The van der Waals surface area contributed by atoms with Crippen LogP contribution in [0.15, 0.2) is 41.7 Å². The standard InChI is InChI=1S/C21H31N7O2.HI/c1-22-20(26-16-17-5-6-18(29-2)15-19(17)30-3)23-9-10-27-11-13-28(14-12-27)21-24-7-4-8-25-21;/h4-8,15H,9-14,16H2,1-3H3,(H2,22,23,26);1H. The van der Waals surface area contributed by atoms with Gasteiger partial charge in [0.25, 0.3) is 0 Å². The molecule has 10 heteroatoms. The van der Waals surface area contributed by atoms with Gasteiger partial charge >= 0.3 is 0 Å². The first-order chi connectivity index (χ1) is 14.7. The molecule has 3 rings (SSSR count). The van der Waals surface area contributed by atoms with Crippen molar-refractivity contribution in [1.29, 1.82) is 0 Å². The number of halogens is 1. The molecule has 1 fully saturated rings. The van der Waals surface area contributed by atoms with Crippen LogP contribution in [0.5, 0.6) is 11.5 Å². The minimum atomic E-state index is 0. The number of rotatable bonds is 8. The molecule has 0 saturated carbocycles. The molecule has 170 valence electrons. The monoisotopic (exact) mass is 541 g/mol. The lowest BCUT2D eigenvalue weighted by molar-refractivity contribution is 0.260. The van der Waals surface area contributed by atoms with Crippen LogP contribution in [0.3, 0.4) is 0 Å². The average Bonchev–Trinajstić information content (AvgIpc) is 2.82. The Kier molecular flexibility index (Phi) is 10.6. The first kappa shape index (κ1) is 24.9. The number of nitrogens with zero attached hydrogens (tertiary/aromatic N) is 5. The zero-order valence-corrected chi connectivity index (χ0v) is 20.7. The van der Waals surface area contributed by atoms with Gasteiger partial charge in [-0.3, -0.25) is 9.89 Å². The zero-order chi connectivity index (χ0) is 21.2. The van der Waals surface area contributed by atoms with E-state index >= 15 is 0 Å². The number of hydrogen-bond donors (Lipinski definition) is 2. The third-order valence-corrected chi connectivity index (χ3v) is 5.09. The van der Waals surface area contributed by atoms with E-state index in [4.69, 9.17) is 9.47 Å². The molecule has 0 unspecified atom stereocenters. The highest BCUT2D eigenvalue weighted by molar-refractivity contribution is 14.0. The van der Waals surface area contributed by atoms with Gasteiger partial charge in [0, 0.05) is 76.9 Å². The van der Waals surface area contributed by atoms with Gasteiger partial charge in [-0.25, -0.2) is 9.97 Å². The molecule has 31 heavy (non-hydrogen) atoms. The van der Waals surface area contributed by atoms with Crippen LogP contribution in [0, 0.1) is 0 Å². The van der Waals surface area contributed by atoms with Gasteiger partial charge in [0.1, 0.15) is 11.5 Å². The van der Waals surface area contributed by atoms with Crippen LogP contribution in [0.1, 0.15) is 5.56 Å². The van der Waals surface area contributed by atoms with Crippen LogP contribution in [0.4, 0.5) is 5.95 Å². The lowest BCUT2D eigenvalue weighted by Crippen LogP contribution is -2.49. The van der Waals surface area contributed by atoms with Crippen molar-refractivity contribution in [2.24, 2.45) is 4.99 Å². The van der Waals surface area contributed by atoms with Gasteiger partial charge in [0.15, 0.2) is 5.96 Å². The number of methoxy groups -OCH3 is 2. The highest BCUT2D eigenvalue weighted by atomic mass is 127. The highest BCUT2D eigenvalue weighted by Gasteiger charge is 2.18. The first-order valence-electron chi connectivity index (χ1n) is 10.1. The van der Waals surface area contributed by atoms with Crippen LogP contribution >= 0.6 is 24.0 Å². The molecule has 1 aromatic carbocycles. The van der Waals surface area contributed by atoms with Crippen LogP contribution in [-0.4, -0.2) is 81.4 Å². The second-order valence-corrected chi connectivity index (χ2v) is 6.91. The van der Waals surface area contributed by atoms with Crippen LogP contribution in [0.25, 0.3) is 0 Å². The molecule has 0 radical (unpaired) electrons. The Morgan fingerprint density at radius 3 is 2.45 bits per heavy atom. The number of guanidine groups is 1. The summed E-state index contributed by atoms with van der Waals surface area (Å²) in [6.07, 6.45) is 3.58. The van der Waals surface area contributed by atoms with E-state index < -0.39 is 0 Å². The SMILES string of the molecule is CN=C(NCCN1CCN(c2ncccn2)CC1)NCc1ccc(OC)cc1OC.I. The summed E-state index contributed by atoms with van der Waals surface area (Å²) in [7, 11) is 5.09. The summed E-state index contributed by atoms with van der Waals surface area (Å²) in [5.74, 6) is 3.15. The first-order valence-corrected chi connectivity index (χ1v) is 10.1. The number of piperazine rings is 1. The lowest BCUT2D eigenvalue weighted by atomic mass is 10.2. The van der Waals surface area contributed by atoms with E-state index in [0.29, 0.717) is 6.54 Å². The molecular formula is C21H32IN7O2. The van der Waals surface area contributed by atoms with Crippen molar-refractivity contribution < 1.29 is 9.47 Å². The number of aromatic nitrogens is 2. The molecule has 0 bridgehead atoms. The Balaban J connectivity index is 0.00000341. The summed E-state index contributed by atoms with van der Waals surface area (Å²) >= 11 is 0. The molecule has 0 atom stereocenters. The fourth-order valence-electron chi connectivity index (χ4n) is 3.36. The van der Waals surface area contributed by atoms with Crippen molar-refractivity contribution in [3.63, 3.8) is 0 Å². The Hall–Kier alpha value is -2.34. The molecule has 1 saturated heterocycles. The maximum atomic E-state index is 5.46. The van der Waals surface area contributed by atoms with Gasteiger partial charge in [-0.2, -0.15) is 0 Å². The molecule has 9 nitrogen and oxygen atoms in total. The van der Waals surface area contributed by atoms with Crippen molar-refractivity contribution in [3.05, 3.63) is 42.2 Å². The van der Waals surface area contributed by atoms with Crippen LogP contribution in [-0.2, 0) is 6.54 Å². The Bertz CT molecular complexity index is 815. The quantitative estimate of drug-likeness (QED) is 0.296. The summed E-state index contributed by atoms with van der Waals surface area (Å²) in [5.41, 5.74) is 1.04. The normalized spacial score (nSPS) is 14.5. The van der Waals surface area contributed by atoms with Gasteiger partial charge in [0.05, 0.1) is 14.2 Å². The predicted octanol–water partition coefficient (Wildman–Crippen LogP) is 1.60. The summed E-state index contributed by atoms with van der Waals surface area (Å²) in [4.78, 5) is 17.6. The molecule has 1 aliphatic heterocycles. The number of benzene rings is 1. The molecule has 0 amide bonds. The predicted molar refractivity (Wildman–Crippen MR) is 134 cm³/mol. The molecule has 2 aromatic rings. The summed E-state index contributed by atoms with van der Waals surface area (Å²) in [6.45, 7) is 6.26. The Labute approximate surface area is 201 Å². The Morgan fingerprint density at radius 2 is 1.81 bits per heavy atom. The lowest BCUT2D eigenvalue weighted by Gasteiger charge is -2.34. The maximum absolute atomic E-state index is 5.46. The number of nitrogens with one attached hydrogen (secondary N) is 2. The van der Waals surface area contributed by atoms with E-state index in [2.05, 4.69) is 35.4 Å². The average molecular weight is 541 g/mol. The second kappa shape index (κ2) is 13.2. The van der Waals surface area contributed by atoms with Crippen LogP contribution < -0.4 is 25.0 Å². The summed E-state index contributed by atoms with van der Waals surface area (Å²) in [6, 6.07) is 7.65. The number of hydrogen-bond acceptors (Lipinski definition) is 7. The minimum Gasteiger partial charge on any atom is -0.497 e. The molecular weight excluding hydrogens is 509 g/mol. The van der Waals surface area contributed by atoms with E-state index in [1.807, 2.05) is 24.3 Å². The van der Waals surface area contributed by atoms with Gasteiger partial charge in [-0.05, 0) is 18.2 Å². The van der Waals surface area contributed by atoms with Gasteiger partial charge < -0.3 is 25.0 Å². The minimum absolute atomic E-state index is 0. The van der Waals surface area contributed by atoms with Gasteiger partial charge in [-0.15, -0.1) is 24.0 Å². The van der Waals surface area contributed by atoms with E-state index in [1.165, 1.54) is 0 Å². The molecule has 0 spiro atoms. The fourth-order valence-corrected chi connectivity index (χ4v) is 3.36. The molecule has 2 heterocycles. The van der Waals surface area contributed by atoms with E-state index in [-0.39, 0.29) is 24.0 Å². The molecule has 1 aromatic heterocycles. The molecule has 2 N–H and O–H groups in total. The highest BCUT2D eigenvalue weighted by Crippen LogP contribution is 2.24. The van der Waals surface area contributed by atoms with Crippen molar-refractivity contribution in [2.75, 3.05) is 65.4 Å². The Morgan fingerprint density at radius 1 is 1.06 bits per heavy atom.